The number of ether oxygens (including phenoxy) is 2. The van der Waals surface area contributed by atoms with Gasteiger partial charge in [-0.3, -0.25) is 0 Å². The molecular formula is C38H38N16O2. The summed E-state index contributed by atoms with van der Waals surface area (Å²) in [6.45, 7) is 0.628. The average molecular weight is 751 g/mol. The Labute approximate surface area is 318 Å². The lowest BCUT2D eigenvalue weighted by Crippen LogP contribution is -2.22. The number of fused-ring (bicyclic) bond motifs is 6. The SMILES string of the molecule is COc1cc(Nc2nc3c(OC)cccc3c3nc(C4CC(c5cnc(CN)nc5)C4)nn23)cc2c1nc(N)n1nc(C3CC(c4cnc(CN)nc4)C3)nc21. The summed E-state index contributed by atoms with van der Waals surface area (Å²) >= 11 is 0. The first-order valence-corrected chi connectivity index (χ1v) is 18.5. The van der Waals surface area contributed by atoms with Crippen molar-refractivity contribution in [3.8, 4) is 11.5 Å². The van der Waals surface area contributed by atoms with Gasteiger partial charge in [-0.1, -0.05) is 6.07 Å². The zero-order valence-electron chi connectivity index (χ0n) is 30.7. The van der Waals surface area contributed by atoms with Crippen molar-refractivity contribution in [3.63, 3.8) is 0 Å². The Morgan fingerprint density at radius 1 is 0.661 bits per heavy atom. The van der Waals surface area contributed by atoms with Crippen LogP contribution in [0.15, 0.2) is 55.1 Å². The molecule has 2 aromatic carbocycles. The van der Waals surface area contributed by atoms with Crippen molar-refractivity contribution in [2.75, 3.05) is 25.3 Å². The van der Waals surface area contributed by atoms with Gasteiger partial charge in [0.1, 0.15) is 34.2 Å². The molecule has 0 radical (unpaired) electrons. The number of aromatic nitrogens is 12. The number of nitrogens with one attached hydrogen (secondary N) is 1. The third-order valence-electron chi connectivity index (χ3n) is 11.1. The van der Waals surface area contributed by atoms with Crippen LogP contribution in [0.25, 0.3) is 33.1 Å². The van der Waals surface area contributed by atoms with Gasteiger partial charge in [0.25, 0.3) is 0 Å². The third-order valence-corrected chi connectivity index (χ3v) is 11.1. The van der Waals surface area contributed by atoms with E-state index in [0.717, 1.165) is 48.0 Å². The van der Waals surface area contributed by atoms with E-state index in [2.05, 4.69) is 25.3 Å². The predicted octanol–water partition coefficient (Wildman–Crippen LogP) is 4.03. The standard InChI is InChI=1S/C38H38N16O2/c1-55-27-5-3-4-25-31(27)48-38(54-35(25)49-34(52-54)21-8-19(9-21)23-16-44-30(13-40)45-17-23)46-24-10-26-32(28(11-24)56-2)47-37(41)53-36(26)50-33(51-53)20-6-18(7-20)22-14-42-29(12-39)43-15-22/h3-5,10-11,14-21H,6-9,12-13,39-40H2,1-2H3,(H2,41,47)(H,46,48). The molecule has 0 amide bonds. The van der Waals surface area contributed by atoms with Gasteiger partial charge in [0.2, 0.25) is 11.9 Å². The number of para-hydroxylation sites is 1. The van der Waals surface area contributed by atoms with Gasteiger partial charge in [0, 0.05) is 53.8 Å². The molecule has 2 aliphatic carbocycles. The molecule has 2 fully saturated rings. The van der Waals surface area contributed by atoms with Crippen molar-refractivity contribution in [1.82, 2.24) is 59.1 Å². The van der Waals surface area contributed by atoms with Crippen LogP contribution >= 0.6 is 0 Å². The number of hydrogen-bond acceptors (Lipinski definition) is 16. The number of anilines is 3. The fourth-order valence-electron chi connectivity index (χ4n) is 7.85. The summed E-state index contributed by atoms with van der Waals surface area (Å²) in [5, 5.41) is 14.9. The molecule has 2 aliphatic rings. The molecule has 0 bridgehead atoms. The van der Waals surface area contributed by atoms with E-state index in [4.69, 9.17) is 56.8 Å². The minimum absolute atomic E-state index is 0.148. The van der Waals surface area contributed by atoms with Crippen LogP contribution in [-0.4, -0.2) is 73.3 Å². The highest BCUT2D eigenvalue weighted by Crippen LogP contribution is 2.48. The van der Waals surface area contributed by atoms with Crippen LogP contribution < -0.4 is 32.0 Å². The maximum absolute atomic E-state index is 6.47. The normalized spacial score (nSPS) is 19.4. The molecule has 6 aromatic heterocycles. The highest BCUT2D eigenvalue weighted by Gasteiger charge is 2.36. The van der Waals surface area contributed by atoms with Gasteiger partial charge >= 0.3 is 0 Å². The number of nitrogens with zero attached hydrogens (tertiary/aromatic N) is 12. The second-order valence-electron chi connectivity index (χ2n) is 14.4. The van der Waals surface area contributed by atoms with Crippen LogP contribution in [0.2, 0.25) is 0 Å². The number of nitrogens with two attached hydrogens (primary N) is 3. The molecule has 0 saturated heterocycles. The number of rotatable bonds is 10. The Bertz CT molecular complexity index is 2770. The lowest BCUT2D eigenvalue weighted by atomic mass is 9.72. The molecule has 6 heterocycles. The summed E-state index contributed by atoms with van der Waals surface area (Å²) in [6, 6.07) is 9.59. The summed E-state index contributed by atoms with van der Waals surface area (Å²) in [5.41, 5.74) is 23.2. The van der Waals surface area contributed by atoms with Crippen molar-refractivity contribution in [2.45, 2.75) is 62.4 Å². The van der Waals surface area contributed by atoms with E-state index in [0.29, 0.717) is 93.2 Å². The fourth-order valence-corrected chi connectivity index (χ4v) is 7.85. The largest absolute Gasteiger partial charge is 0.494 e. The number of benzene rings is 2. The smallest absolute Gasteiger partial charge is 0.231 e. The topological polar surface area (TPSA) is 246 Å². The van der Waals surface area contributed by atoms with Gasteiger partial charge in [-0.15, -0.1) is 10.2 Å². The second kappa shape index (κ2) is 13.3. The van der Waals surface area contributed by atoms with Crippen LogP contribution in [-0.2, 0) is 13.1 Å². The van der Waals surface area contributed by atoms with Gasteiger partial charge in [-0.2, -0.15) is 9.03 Å². The Balaban J connectivity index is 1.00. The molecular weight excluding hydrogens is 713 g/mol. The first-order valence-electron chi connectivity index (χ1n) is 18.5. The summed E-state index contributed by atoms with van der Waals surface area (Å²) in [4.78, 5) is 37.3. The van der Waals surface area contributed by atoms with Crippen molar-refractivity contribution < 1.29 is 9.47 Å². The highest BCUT2D eigenvalue weighted by atomic mass is 16.5. The van der Waals surface area contributed by atoms with E-state index in [-0.39, 0.29) is 17.8 Å². The molecule has 10 rings (SSSR count). The number of methoxy groups -OCH3 is 2. The van der Waals surface area contributed by atoms with Gasteiger partial charge < -0.3 is 32.0 Å². The molecule has 0 spiro atoms. The number of hydrogen-bond donors (Lipinski definition) is 4. The van der Waals surface area contributed by atoms with E-state index >= 15 is 0 Å². The summed E-state index contributed by atoms with van der Waals surface area (Å²) < 4.78 is 15.0. The first kappa shape index (κ1) is 33.9. The molecule has 56 heavy (non-hydrogen) atoms. The van der Waals surface area contributed by atoms with Crippen LogP contribution in [0.4, 0.5) is 17.6 Å². The molecule has 0 unspecified atom stereocenters. The van der Waals surface area contributed by atoms with Crippen molar-refractivity contribution in [3.05, 3.63) is 89.5 Å². The zero-order valence-corrected chi connectivity index (χ0v) is 30.7. The minimum atomic E-state index is 0.148. The molecule has 8 aromatic rings. The zero-order chi connectivity index (χ0) is 38.1. The Kier molecular flexibility index (Phi) is 8.03. The Morgan fingerprint density at radius 2 is 1.21 bits per heavy atom. The van der Waals surface area contributed by atoms with Gasteiger partial charge in [0.05, 0.1) is 32.7 Å². The van der Waals surface area contributed by atoms with Crippen molar-refractivity contribution in [1.29, 1.82) is 0 Å². The third kappa shape index (κ3) is 5.55. The van der Waals surface area contributed by atoms with Crippen molar-refractivity contribution in [2.24, 2.45) is 11.5 Å². The molecule has 18 nitrogen and oxygen atoms in total. The maximum Gasteiger partial charge on any atom is 0.231 e. The summed E-state index contributed by atoms with van der Waals surface area (Å²) in [7, 11) is 3.23. The lowest BCUT2D eigenvalue weighted by Gasteiger charge is -2.33. The van der Waals surface area contributed by atoms with Gasteiger partial charge in [-0.25, -0.2) is 39.9 Å². The summed E-state index contributed by atoms with van der Waals surface area (Å²) in [6.07, 6.45) is 11.0. The second-order valence-corrected chi connectivity index (χ2v) is 14.4. The van der Waals surface area contributed by atoms with Crippen LogP contribution in [0.5, 0.6) is 11.5 Å². The average Bonchev–Trinajstić information content (AvgIpc) is 3.84. The van der Waals surface area contributed by atoms with E-state index in [1.165, 1.54) is 0 Å². The van der Waals surface area contributed by atoms with E-state index in [9.17, 15) is 0 Å². The minimum Gasteiger partial charge on any atom is -0.494 e. The Hall–Kier alpha value is -6.66. The molecule has 0 aliphatic heterocycles. The predicted molar refractivity (Wildman–Crippen MR) is 207 cm³/mol. The van der Waals surface area contributed by atoms with Gasteiger partial charge in [0.15, 0.2) is 22.9 Å². The fraction of sp³-hybridized carbons (Fsp3) is 0.316. The van der Waals surface area contributed by atoms with Gasteiger partial charge in [-0.05, 0) is 66.8 Å². The van der Waals surface area contributed by atoms with Crippen LogP contribution in [0.3, 0.4) is 0 Å². The quantitative estimate of drug-likeness (QED) is 0.154. The van der Waals surface area contributed by atoms with Crippen LogP contribution in [0.1, 0.15) is 83.8 Å². The molecule has 282 valence electrons. The van der Waals surface area contributed by atoms with E-state index < -0.39 is 0 Å². The maximum atomic E-state index is 6.47. The van der Waals surface area contributed by atoms with E-state index in [1.807, 2.05) is 55.1 Å². The van der Waals surface area contributed by atoms with Crippen LogP contribution in [0, 0.1) is 0 Å². The highest BCUT2D eigenvalue weighted by molar-refractivity contribution is 5.99. The monoisotopic (exact) mass is 750 g/mol. The lowest BCUT2D eigenvalue weighted by molar-refractivity contribution is 0.336. The molecule has 0 atom stereocenters. The Morgan fingerprint density at radius 3 is 1.79 bits per heavy atom. The molecule has 7 N–H and O–H groups in total. The molecule has 18 heteroatoms. The van der Waals surface area contributed by atoms with E-state index in [1.54, 1.807) is 23.3 Å². The first-order chi connectivity index (χ1) is 27.4. The summed E-state index contributed by atoms with van der Waals surface area (Å²) in [5.74, 6) is 5.44. The molecule has 2 saturated carbocycles. The van der Waals surface area contributed by atoms with Crippen molar-refractivity contribution >= 4 is 50.7 Å². The number of nitrogen functional groups attached to an aromatic ring is 1.